The van der Waals surface area contributed by atoms with Crippen molar-refractivity contribution in [2.24, 2.45) is 0 Å². The average molecular weight is 344 g/mol. The molecule has 1 aliphatic heterocycles. The molecule has 136 valence electrons. The van der Waals surface area contributed by atoms with Crippen molar-refractivity contribution in [1.82, 2.24) is 5.32 Å². The van der Waals surface area contributed by atoms with Gasteiger partial charge in [-0.05, 0) is 30.9 Å². The molecule has 5 nitrogen and oxygen atoms in total. The van der Waals surface area contributed by atoms with Gasteiger partial charge in [0.2, 0.25) is 11.8 Å². The monoisotopic (exact) mass is 344 g/mol. The molecule has 2 atom stereocenters. The van der Waals surface area contributed by atoms with Gasteiger partial charge in [0.05, 0.1) is 6.10 Å². The zero-order chi connectivity index (χ0) is 17.6. The number of hydrogen-bond donors (Lipinski definition) is 2. The molecule has 1 aliphatic carbocycles. The molecule has 1 fully saturated rings. The molecule has 0 radical (unpaired) electrons. The Balaban J connectivity index is 1.56. The zero-order valence-corrected chi connectivity index (χ0v) is 14.9. The number of para-hydroxylation sites is 1. The number of amides is 2. The molecule has 0 bridgehead atoms. The van der Waals surface area contributed by atoms with E-state index in [0.29, 0.717) is 19.4 Å². The van der Waals surface area contributed by atoms with Crippen molar-refractivity contribution in [2.75, 3.05) is 11.9 Å². The van der Waals surface area contributed by atoms with Crippen molar-refractivity contribution in [2.45, 2.75) is 70.0 Å². The van der Waals surface area contributed by atoms with Gasteiger partial charge in [0.1, 0.15) is 6.10 Å². The third-order valence-corrected chi connectivity index (χ3v) is 5.20. The molecule has 2 amide bonds. The van der Waals surface area contributed by atoms with Gasteiger partial charge >= 0.3 is 0 Å². The molecule has 1 heterocycles. The minimum Gasteiger partial charge on any atom is -0.365 e. The maximum absolute atomic E-state index is 12.5. The second-order valence-corrected chi connectivity index (χ2v) is 7.07. The first-order chi connectivity index (χ1) is 12.2. The van der Waals surface area contributed by atoms with Crippen LogP contribution in [0.4, 0.5) is 5.69 Å². The van der Waals surface area contributed by atoms with E-state index >= 15 is 0 Å². The number of ether oxygens (including phenoxy) is 1. The van der Waals surface area contributed by atoms with Crippen LogP contribution in [-0.2, 0) is 14.3 Å². The minimum atomic E-state index is -0.393. The van der Waals surface area contributed by atoms with Crippen LogP contribution >= 0.6 is 0 Å². The first-order valence-electron chi connectivity index (χ1n) is 9.49. The van der Waals surface area contributed by atoms with Crippen LogP contribution in [0.3, 0.4) is 0 Å². The van der Waals surface area contributed by atoms with Crippen molar-refractivity contribution < 1.29 is 14.3 Å². The number of rotatable bonds is 6. The summed E-state index contributed by atoms with van der Waals surface area (Å²) in [5.41, 5.74) is 1.94. The summed E-state index contributed by atoms with van der Waals surface area (Å²) in [5.74, 6) is -0.0407. The van der Waals surface area contributed by atoms with E-state index in [9.17, 15) is 9.59 Å². The summed E-state index contributed by atoms with van der Waals surface area (Å²) in [7, 11) is 0. The van der Waals surface area contributed by atoms with Crippen molar-refractivity contribution in [3.05, 3.63) is 29.8 Å². The molecule has 5 heteroatoms. The number of carbonyl (C=O) groups excluding carboxylic acids is 2. The molecule has 25 heavy (non-hydrogen) atoms. The first-order valence-corrected chi connectivity index (χ1v) is 9.49. The van der Waals surface area contributed by atoms with Crippen LogP contribution in [0, 0.1) is 0 Å². The Morgan fingerprint density at radius 3 is 2.80 bits per heavy atom. The Morgan fingerprint density at radius 1 is 1.28 bits per heavy atom. The molecule has 2 N–H and O–H groups in total. The van der Waals surface area contributed by atoms with Gasteiger partial charge in [-0.3, -0.25) is 9.59 Å². The van der Waals surface area contributed by atoms with Gasteiger partial charge in [-0.1, -0.05) is 44.4 Å². The molecule has 2 aliphatic rings. The Morgan fingerprint density at radius 2 is 2.04 bits per heavy atom. The topological polar surface area (TPSA) is 67.4 Å². The Hall–Kier alpha value is -1.88. The Bertz CT molecular complexity index is 611. The van der Waals surface area contributed by atoms with E-state index in [2.05, 4.69) is 10.6 Å². The predicted octanol–water partition coefficient (Wildman–Crippen LogP) is 3.36. The maximum Gasteiger partial charge on any atom is 0.249 e. The standard InChI is InChI=1S/C20H28N2O3/c1-2-18(25-15-8-4-3-5-9-15)20(24)21-13-14-12-19(23)22-17-11-7-6-10-16(14)17/h6-7,10-11,14-15,18H,2-5,8-9,12-13H2,1H3,(H,21,24)(H,22,23)/t14-,18+/m1/s1. The smallest absolute Gasteiger partial charge is 0.249 e. The van der Waals surface area contributed by atoms with Crippen molar-refractivity contribution in [3.63, 3.8) is 0 Å². The van der Waals surface area contributed by atoms with E-state index in [1.165, 1.54) is 19.3 Å². The van der Waals surface area contributed by atoms with E-state index in [1.807, 2.05) is 31.2 Å². The Kier molecular flexibility index (Phi) is 6.08. The van der Waals surface area contributed by atoms with Gasteiger partial charge in [-0.2, -0.15) is 0 Å². The van der Waals surface area contributed by atoms with Crippen LogP contribution in [0.15, 0.2) is 24.3 Å². The summed E-state index contributed by atoms with van der Waals surface area (Å²) in [5, 5.41) is 5.90. The summed E-state index contributed by atoms with van der Waals surface area (Å²) in [6.07, 6.45) is 6.65. The highest BCUT2D eigenvalue weighted by Crippen LogP contribution is 2.31. The maximum atomic E-state index is 12.5. The van der Waals surface area contributed by atoms with E-state index in [-0.39, 0.29) is 23.8 Å². The van der Waals surface area contributed by atoms with E-state index in [0.717, 1.165) is 24.1 Å². The van der Waals surface area contributed by atoms with Gasteiger partial charge in [-0.15, -0.1) is 0 Å². The molecular formula is C20H28N2O3. The SMILES string of the molecule is CC[C@H](OC1CCCCC1)C(=O)NC[C@H]1CC(=O)Nc2ccccc21. The highest BCUT2D eigenvalue weighted by atomic mass is 16.5. The summed E-state index contributed by atoms with van der Waals surface area (Å²) < 4.78 is 6.04. The average Bonchev–Trinajstić information content (AvgIpc) is 2.64. The number of benzene rings is 1. The van der Waals surface area contributed by atoms with Crippen LogP contribution < -0.4 is 10.6 Å². The fourth-order valence-electron chi connectivity index (χ4n) is 3.80. The van der Waals surface area contributed by atoms with Gasteiger partial charge in [0.25, 0.3) is 0 Å². The van der Waals surface area contributed by atoms with Crippen LogP contribution in [0.5, 0.6) is 0 Å². The number of anilines is 1. The number of nitrogens with one attached hydrogen (secondary N) is 2. The van der Waals surface area contributed by atoms with Gasteiger partial charge < -0.3 is 15.4 Å². The summed E-state index contributed by atoms with van der Waals surface area (Å²) >= 11 is 0. The van der Waals surface area contributed by atoms with E-state index < -0.39 is 6.10 Å². The lowest BCUT2D eigenvalue weighted by molar-refractivity contribution is -0.138. The third kappa shape index (κ3) is 4.60. The number of hydrogen-bond acceptors (Lipinski definition) is 3. The highest BCUT2D eigenvalue weighted by molar-refractivity contribution is 5.94. The normalized spacial score (nSPS) is 22.0. The fourth-order valence-corrected chi connectivity index (χ4v) is 3.80. The third-order valence-electron chi connectivity index (χ3n) is 5.20. The van der Waals surface area contributed by atoms with E-state index in [1.54, 1.807) is 0 Å². The second-order valence-electron chi connectivity index (χ2n) is 7.07. The lowest BCUT2D eigenvalue weighted by atomic mass is 9.90. The van der Waals surface area contributed by atoms with Crippen molar-refractivity contribution in [3.8, 4) is 0 Å². The number of fused-ring (bicyclic) bond motifs is 1. The van der Waals surface area contributed by atoms with Crippen molar-refractivity contribution >= 4 is 17.5 Å². The van der Waals surface area contributed by atoms with E-state index in [4.69, 9.17) is 4.74 Å². The summed E-state index contributed by atoms with van der Waals surface area (Å²) in [6, 6.07) is 7.79. The molecule has 1 saturated carbocycles. The van der Waals surface area contributed by atoms with Crippen LogP contribution in [0.1, 0.15) is 63.4 Å². The highest BCUT2D eigenvalue weighted by Gasteiger charge is 2.27. The second kappa shape index (κ2) is 8.48. The largest absolute Gasteiger partial charge is 0.365 e. The first kappa shape index (κ1) is 17.9. The quantitative estimate of drug-likeness (QED) is 0.831. The number of carbonyl (C=O) groups is 2. The van der Waals surface area contributed by atoms with Gasteiger partial charge in [-0.25, -0.2) is 0 Å². The molecule has 0 aromatic heterocycles. The molecule has 3 rings (SSSR count). The van der Waals surface area contributed by atoms with Gasteiger partial charge in [0, 0.05) is 24.6 Å². The molecular weight excluding hydrogens is 316 g/mol. The Labute approximate surface area is 149 Å². The van der Waals surface area contributed by atoms with Crippen LogP contribution in [0.25, 0.3) is 0 Å². The fraction of sp³-hybridized carbons (Fsp3) is 0.600. The molecule has 1 aromatic rings. The molecule has 0 unspecified atom stereocenters. The molecule has 1 aromatic carbocycles. The zero-order valence-electron chi connectivity index (χ0n) is 14.9. The molecule has 0 spiro atoms. The predicted molar refractivity (Wildman–Crippen MR) is 97.5 cm³/mol. The van der Waals surface area contributed by atoms with Gasteiger partial charge in [0.15, 0.2) is 0 Å². The van der Waals surface area contributed by atoms with Crippen LogP contribution in [-0.4, -0.2) is 30.6 Å². The van der Waals surface area contributed by atoms with Crippen LogP contribution in [0.2, 0.25) is 0 Å². The van der Waals surface area contributed by atoms with Crippen molar-refractivity contribution in [1.29, 1.82) is 0 Å². The minimum absolute atomic E-state index is 0.00319. The molecule has 0 saturated heterocycles. The summed E-state index contributed by atoms with van der Waals surface area (Å²) in [4.78, 5) is 24.4. The lowest BCUT2D eigenvalue weighted by Gasteiger charge is -2.28. The summed E-state index contributed by atoms with van der Waals surface area (Å²) in [6.45, 7) is 2.45. The lowest BCUT2D eigenvalue weighted by Crippen LogP contribution is -2.41.